The van der Waals surface area contributed by atoms with E-state index in [-0.39, 0.29) is 18.3 Å². The van der Waals surface area contributed by atoms with E-state index in [9.17, 15) is 13.2 Å². The molecular formula is C15H24ClN3O3S2. The molecule has 2 saturated heterocycles. The summed E-state index contributed by atoms with van der Waals surface area (Å²) in [4.78, 5) is 14.9. The summed E-state index contributed by atoms with van der Waals surface area (Å²) in [6, 6.07) is 3.43. The van der Waals surface area contributed by atoms with Crippen LogP contribution in [-0.4, -0.2) is 62.8 Å². The minimum absolute atomic E-state index is 0. The standard InChI is InChI=1S/C15H23N3O3S2.ClH/c19-14(17-10-6-16-7-11-17)12-13-4-5-15(22-13)23(20,21)18-8-2-1-3-9-18;/h4-5,16H,1-3,6-12H2;1H. The van der Waals surface area contributed by atoms with E-state index < -0.39 is 10.0 Å². The summed E-state index contributed by atoms with van der Waals surface area (Å²) in [5.41, 5.74) is 0. The van der Waals surface area contributed by atoms with E-state index in [1.165, 1.54) is 11.3 Å². The number of nitrogens with one attached hydrogen (secondary N) is 1. The van der Waals surface area contributed by atoms with Gasteiger partial charge in [0, 0.05) is 44.1 Å². The highest BCUT2D eigenvalue weighted by molar-refractivity contribution is 7.91. The largest absolute Gasteiger partial charge is 0.340 e. The molecular weight excluding hydrogens is 370 g/mol. The number of rotatable bonds is 4. The molecule has 0 atom stereocenters. The normalized spacial score (nSPS) is 19.8. The molecule has 1 N–H and O–H groups in total. The van der Waals surface area contributed by atoms with Gasteiger partial charge in [0.1, 0.15) is 4.21 Å². The van der Waals surface area contributed by atoms with E-state index in [0.29, 0.717) is 23.7 Å². The Bertz CT molecular complexity index is 651. The maximum atomic E-state index is 12.6. The zero-order chi connectivity index (χ0) is 16.3. The van der Waals surface area contributed by atoms with Gasteiger partial charge in [-0.15, -0.1) is 23.7 Å². The number of amides is 1. The first-order chi connectivity index (χ1) is 11.1. The molecule has 2 aliphatic heterocycles. The zero-order valence-electron chi connectivity index (χ0n) is 13.6. The third kappa shape index (κ3) is 4.49. The van der Waals surface area contributed by atoms with Crippen molar-refractivity contribution in [1.29, 1.82) is 0 Å². The van der Waals surface area contributed by atoms with Gasteiger partial charge in [-0.05, 0) is 25.0 Å². The van der Waals surface area contributed by atoms with E-state index in [2.05, 4.69) is 5.32 Å². The van der Waals surface area contributed by atoms with Gasteiger partial charge in [-0.25, -0.2) is 8.42 Å². The van der Waals surface area contributed by atoms with Crippen molar-refractivity contribution in [3.63, 3.8) is 0 Å². The number of hydrogen-bond acceptors (Lipinski definition) is 5. The van der Waals surface area contributed by atoms with Crippen LogP contribution in [0.3, 0.4) is 0 Å². The topological polar surface area (TPSA) is 69.7 Å². The average molecular weight is 394 g/mol. The summed E-state index contributed by atoms with van der Waals surface area (Å²) in [5.74, 6) is 0.0790. The molecule has 0 saturated carbocycles. The molecule has 0 bridgehead atoms. The quantitative estimate of drug-likeness (QED) is 0.837. The maximum absolute atomic E-state index is 12.6. The Morgan fingerprint density at radius 3 is 2.42 bits per heavy atom. The molecule has 0 aliphatic carbocycles. The van der Waals surface area contributed by atoms with Crippen molar-refractivity contribution in [1.82, 2.24) is 14.5 Å². The molecule has 0 unspecified atom stereocenters. The molecule has 0 spiro atoms. The van der Waals surface area contributed by atoms with Crippen molar-refractivity contribution in [2.45, 2.75) is 29.9 Å². The van der Waals surface area contributed by atoms with Crippen LogP contribution in [0.15, 0.2) is 16.3 Å². The summed E-state index contributed by atoms with van der Waals surface area (Å²) >= 11 is 1.23. The number of carbonyl (C=O) groups is 1. The fourth-order valence-electron chi connectivity index (χ4n) is 3.00. The van der Waals surface area contributed by atoms with Gasteiger partial charge in [0.05, 0.1) is 6.42 Å². The fraction of sp³-hybridized carbons (Fsp3) is 0.667. The van der Waals surface area contributed by atoms with Crippen LogP contribution in [0.1, 0.15) is 24.1 Å². The first-order valence-corrected chi connectivity index (χ1v) is 10.4. The Labute approximate surface area is 153 Å². The lowest BCUT2D eigenvalue weighted by Crippen LogP contribution is -2.46. The van der Waals surface area contributed by atoms with Gasteiger partial charge in [-0.2, -0.15) is 4.31 Å². The highest BCUT2D eigenvalue weighted by atomic mass is 35.5. The number of thiophene rings is 1. The molecule has 3 rings (SSSR count). The van der Waals surface area contributed by atoms with Crippen LogP contribution in [-0.2, 0) is 21.2 Å². The first kappa shape index (κ1) is 19.7. The van der Waals surface area contributed by atoms with E-state index in [1.807, 2.05) is 4.90 Å². The summed E-state index contributed by atoms with van der Waals surface area (Å²) in [6.07, 6.45) is 3.25. The van der Waals surface area contributed by atoms with Crippen LogP contribution in [0.2, 0.25) is 0 Å². The lowest BCUT2D eigenvalue weighted by atomic mass is 10.2. The van der Waals surface area contributed by atoms with E-state index in [4.69, 9.17) is 0 Å². The minimum Gasteiger partial charge on any atom is -0.340 e. The molecule has 1 aromatic heterocycles. The number of carbonyl (C=O) groups excluding carboxylic acids is 1. The van der Waals surface area contributed by atoms with Gasteiger partial charge in [-0.3, -0.25) is 4.79 Å². The SMILES string of the molecule is Cl.O=C(Cc1ccc(S(=O)(=O)N2CCCCC2)s1)N1CCNCC1. The third-order valence-corrected chi connectivity index (χ3v) is 7.79. The number of nitrogens with zero attached hydrogens (tertiary/aromatic N) is 2. The molecule has 136 valence electrons. The Balaban J connectivity index is 0.00000208. The highest BCUT2D eigenvalue weighted by Crippen LogP contribution is 2.27. The van der Waals surface area contributed by atoms with Crippen LogP contribution in [0.25, 0.3) is 0 Å². The lowest BCUT2D eigenvalue weighted by molar-refractivity contribution is -0.130. The number of halogens is 1. The van der Waals surface area contributed by atoms with Crippen LogP contribution in [0, 0.1) is 0 Å². The predicted octanol–water partition coefficient (Wildman–Crippen LogP) is 1.32. The monoisotopic (exact) mass is 393 g/mol. The Hall–Kier alpha value is -0.670. The molecule has 6 nitrogen and oxygen atoms in total. The van der Waals surface area contributed by atoms with Gasteiger partial charge in [0.25, 0.3) is 10.0 Å². The first-order valence-electron chi connectivity index (χ1n) is 8.15. The second-order valence-electron chi connectivity index (χ2n) is 5.99. The summed E-state index contributed by atoms with van der Waals surface area (Å²) in [6.45, 7) is 4.31. The second kappa shape index (κ2) is 8.62. The Morgan fingerprint density at radius 2 is 1.75 bits per heavy atom. The number of hydrogen-bond donors (Lipinski definition) is 1. The van der Waals surface area contributed by atoms with Gasteiger partial charge in [-0.1, -0.05) is 6.42 Å². The summed E-state index contributed by atoms with van der Waals surface area (Å²) < 4.78 is 27.2. The Kier molecular flexibility index (Phi) is 7.06. The van der Waals surface area contributed by atoms with Gasteiger partial charge >= 0.3 is 0 Å². The Morgan fingerprint density at radius 1 is 1.08 bits per heavy atom. The molecule has 3 heterocycles. The minimum atomic E-state index is -3.38. The molecule has 1 aromatic rings. The number of sulfonamides is 1. The average Bonchev–Trinajstić information content (AvgIpc) is 3.06. The van der Waals surface area contributed by atoms with Crippen molar-refractivity contribution < 1.29 is 13.2 Å². The molecule has 0 radical (unpaired) electrons. The molecule has 2 aliphatic rings. The molecule has 9 heteroatoms. The van der Waals surface area contributed by atoms with Crippen molar-refractivity contribution in [2.75, 3.05) is 39.3 Å². The maximum Gasteiger partial charge on any atom is 0.252 e. The van der Waals surface area contributed by atoms with E-state index in [1.54, 1.807) is 16.4 Å². The van der Waals surface area contributed by atoms with Crippen LogP contribution < -0.4 is 5.32 Å². The van der Waals surface area contributed by atoms with Crippen LogP contribution in [0.4, 0.5) is 0 Å². The van der Waals surface area contributed by atoms with Gasteiger partial charge < -0.3 is 10.2 Å². The van der Waals surface area contributed by atoms with E-state index >= 15 is 0 Å². The van der Waals surface area contributed by atoms with Crippen molar-refractivity contribution in [3.05, 3.63) is 17.0 Å². The van der Waals surface area contributed by atoms with Crippen molar-refractivity contribution >= 4 is 39.7 Å². The predicted molar refractivity (Wildman–Crippen MR) is 97.3 cm³/mol. The zero-order valence-corrected chi connectivity index (χ0v) is 16.0. The third-order valence-electron chi connectivity index (χ3n) is 4.34. The number of piperidine rings is 1. The second-order valence-corrected chi connectivity index (χ2v) is 9.33. The van der Waals surface area contributed by atoms with Gasteiger partial charge in [0.15, 0.2) is 0 Å². The molecule has 24 heavy (non-hydrogen) atoms. The summed E-state index contributed by atoms with van der Waals surface area (Å²) in [7, 11) is -3.38. The van der Waals surface area contributed by atoms with E-state index in [0.717, 1.165) is 50.3 Å². The fourth-order valence-corrected chi connectivity index (χ4v) is 6.02. The highest BCUT2D eigenvalue weighted by Gasteiger charge is 2.27. The summed E-state index contributed by atoms with van der Waals surface area (Å²) in [5, 5.41) is 3.22. The van der Waals surface area contributed by atoms with Crippen molar-refractivity contribution in [2.24, 2.45) is 0 Å². The van der Waals surface area contributed by atoms with Crippen LogP contribution in [0.5, 0.6) is 0 Å². The van der Waals surface area contributed by atoms with Crippen LogP contribution >= 0.6 is 23.7 Å². The molecule has 1 amide bonds. The molecule has 2 fully saturated rings. The number of piperazine rings is 1. The van der Waals surface area contributed by atoms with Gasteiger partial charge in [0.2, 0.25) is 5.91 Å². The molecule has 0 aromatic carbocycles. The van der Waals surface area contributed by atoms with Crippen molar-refractivity contribution in [3.8, 4) is 0 Å². The smallest absolute Gasteiger partial charge is 0.252 e. The lowest BCUT2D eigenvalue weighted by Gasteiger charge is -2.27.